The molecular weight excluding hydrogens is 364 g/mol. The van der Waals surface area contributed by atoms with Crippen LogP contribution in [0.4, 0.5) is 0 Å². The molecule has 2 N–H and O–H groups in total. The number of benzene rings is 1. The van der Waals surface area contributed by atoms with E-state index in [1.807, 2.05) is 31.6 Å². The Kier molecular flexibility index (Phi) is 3.25. The molecule has 29 heavy (non-hydrogen) atoms. The minimum absolute atomic E-state index is 0.875. The quantitative estimate of drug-likeness (QED) is 0.463. The van der Waals surface area contributed by atoms with Crippen molar-refractivity contribution in [2.45, 2.75) is 0 Å². The lowest BCUT2D eigenvalue weighted by Gasteiger charge is -1.99. The van der Waals surface area contributed by atoms with E-state index in [2.05, 4.69) is 49.5 Å². The van der Waals surface area contributed by atoms with Crippen LogP contribution >= 0.6 is 0 Å². The number of nitrogens with one attached hydrogen (secondary N) is 2. The molecule has 0 bridgehead atoms. The van der Waals surface area contributed by atoms with Gasteiger partial charge in [0, 0.05) is 46.9 Å². The van der Waals surface area contributed by atoms with Crippen molar-refractivity contribution in [3.8, 4) is 33.8 Å². The molecule has 0 saturated heterocycles. The van der Waals surface area contributed by atoms with Gasteiger partial charge in [0.05, 0.1) is 35.6 Å². The normalized spacial score (nSPS) is 11.6. The first-order valence-electron chi connectivity index (χ1n) is 9.24. The number of aromatic nitrogens is 6. The Bertz CT molecular complexity index is 1470. The average molecular weight is 380 g/mol. The molecule has 0 saturated carbocycles. The topological polar surface area (TPSA) is 88.3 Å². The molecule has 0 radical (unpaired) electrons. The number of hydrogen-bond acceptors (Lipinski definition) is 4. The van der Waals surface area contributed by atoms with Gasteiger partial charge in [-0.25, -0.2) is 0 Å². The molecule has 140 valence electrons. The van der Waals surface area contributed by atoms with E-state index in [4.69, 9.17) is 4.42 Å². The van der Waals surface area contributed by atoms with Crippen molar-refractivity contribution < 1.29 is 4.42 Å². The van der Waals surface area contributed by atoms with E-state index in [9.17, 15) is 0 Å². The average Bonchev–Trinajstić information content (AvgIpc) is 3.51. The predicted molar refractivity (Wildman–Crippen MR) is 111 cm³/mol. The van der Waals surface area contributed by atoms with Crippen molar-refractivity contribution in [3.63, 3.8) is 0 Å². The number of hydrogen-bond donors (Lipinski definition) is 2. The van der Waals surface area contributed by atoms with E-state index < -0.39 is 0 Å². The Morgan fingerprint density at radius 1 is 0.931 bits per heavy atom. The van der Waals surface area contributed by atoms with Crippen molar-refractivity contribution in [3.05, 3.63) is 67.5 Å². The van der Waals surface area contributed by atoms with Crippen molar-refractivity contribution in [2.75, 3.05) is 0 Å². The van der Waals surface area contributed by atoms with E-state index in [0.29, 0.717) is 0 Å². The Labute approximate surface area is 165 Å². The van der Waals surface area contributed by atoms with E-state index in [1.54, 1.807) is 23.4 Å². The summed E-state index contributed by atoms with van der Waals surface area (Å²) in [4.78, 5) is 8.03. The number of fused-ring (bicyclic) bond motifs is 2. The molecule has 1 aromatic carbocycles. The van der Waals surface area contributed by atoms with Crippen LogP contribution in [0.1, 0.15) is 0 Å². The number of furan rings is 1. The molecule has 0 atom stereocenters. The molecule has 0 unspecified atom stereocenters. The summed E-state index contributed by atoms with van der Waals surface area (Å²) >= 11 is 0. The van der Waals surface area contributed by atoms with Gasteiger partial charge >= 0.3 is 0 Å². The molecule has 5 aromatic heterocycles. The van der Waals surface area contributed by atoms with Gasteiger partial charge in [-0.15, -0.1) is 0 Å². The first-order chi connectivity index (χ1) is 14.3. The standard InChI is InChI=1S/C22H16N6O/c1-28-11-15(10-24-28)13-2-3-19-16(8-13)22(27-26-19)20-9-17-18(25-20)4-6-23-21(17)14-5-7-29-12-14/h2-12,25H,1H3,(H,26,27). The highest BCUT2D eigenvalue weighted by atomic mass is 16.3. The summed E-state index contributed by atoms with van der Waals surface area (Å²) in [5.41, 5.74) is 7.81. The molecule has 0 spiro atoms. The third-order valence-electron chi connectivity index (χ3n) is 5.20. The lowest BCUT2D eigenvalue weighted by molar-refractivity contribution is 0.568. The van der Waals surface area contributed by atoms with Gasteiger partial charge in [0.2, 0.25) is 0 Å². The summed E-state index contributed by atoms with van der Waals surface area (Å²) in [6, 6.07) is 12.3. The van der Waals surface area contributed by atoms with Gasteiger partial charge in [-0.05, 0) is 35.9 Å². The van der Waals surface area contributed by atoms with Gasteiger partial charge in [0.1, 0.15) is 5.69 Å². The number of H-pyrrole nitrogens is 2. The van der Waals surface area contributed by atoms with Crippen LogP contribution in [0.25, 0.3) is 55.6 Å². The van der Waals surface area contributed by atoms with Crippen LogP contribution in [0.3, 0.4) is 0 Å². The summed E-state index contributed by atoms with van der Waals surface area (Å²) in [7, 11) is 1.92. The maximum Gasteiger partial charge on any atom is 0.116 e. The van der Waals surface area contributed by atoms with Gasteiger partial charge in [-0.2, -0.15) is 10.2 Å². The van der Waals surface area contributed by atoms with Gasteiger partial charge in [0.25, 0.3) is 0 Å². The Morgan fingerprint density at radius 2 is 1.86 bits per heavy atom. The Morgan fingerprint density at radius 3 is 2.69 bits per heavy atom. The number of aromatic amines is 2. The molecule has 0 fully saturated rings. The zero-order valence-electron chi connectivity index (χ0n) is 15.5. The van der Waals surface area contributed by atoms with Crippen LogP contribution < -0.4 is 0 Å². The van der Waals surface area contributed by atoms with E-state index >= 15 is 0 Å². The minimum atomic E-state index is 0.875. The van der Waals surface area contributed by atoms with E-state index in [1.165, 1.54) is 0 Å². The zero-order valence-corrected chi connectivity index (χ0v) is 15.5. The number of rotatable bonds is 3. The molecule has 7 heteroatoms. The fourth-order valence-corrected chi connectivity index (χ4v) is 3.78. The highest BCUT2D eigenvalue weighted by molar-refractivity contribution is 6.00. The third-order valence-corrected chi connectivity index (χ3v) is 5.20. The van der Waals surface area contributed by atoms with E-state index in [0.717, 1.165) is 55.6 Å². The lowest BCUT2D eigenvalue weighted by Crippen LogP contribution is -1.84. The second kappa shape index (κ2) is 5.93. The molecule has 6 aromatic rings. The van der Waals surface area contributed by atoms with Crippen LogP contribution in [0.5, 0.6) is 0 Å². The van der Waals surface area contributed by atoms with Gasteiger partial charge in [-0.3, -0.25) is 14.8 Å². The molecule has 6 rings (SSSR count). The Hall–Kier alpha value is -4.13. The summed E-state index contributed by atoms with van der Waals surface area (Å²) < 4.78 is 7.04. The minimum Gasteiger partial charge on any atom is -0.472 e. The van der Waals surface area contributed by atoms with Gasteiger partial charge in [-0.1, -0.05) is 6.07 Å². The van der Waals surface area contributed by atoms with Crippen LogP contribution in [0.2, 0.25) is 0 Å². The van der Waals surface area contributed by atoms with E-state index in [-0.39, 0.29) is 0 Å². The van der Waals surface area contributed by atoms with Crippen molar-refractivity contribution in [1.82, 2.24) is 29.9 Å². The molecule has 0 aliphatic carbocycles. The van der Waals surface area contributed by atoms with Crippen molar-refractivity contribution in [1.29, 1.82) is 0 Å². The van der Waals surface area contributed by atoms with Crippen LogP contribution in [0, 0.1) is 0 Å². The largest absolute Gasteiger partial charge is 0.472 e. The third kappa shape index (κ3) is 2.48. The maximum atomic E-state index is 5.24. The molecule has 0 aliphatic heterocycles. The first kappa shape index (κ1) is 15.9. The van der Waals surface area contributed by atoms with Crippen LogP contribution in [-0.4, -0.2) is 29.9 Å². The molecule has 0 amide bonds. The second-order valence-electron chi connectivity index (χ2n) is 7.05. The zero-order chi connectivity index (χ0) is 19.4. The highest BCUT2D eigenvalue weighted by Crippen LogP contribution is 2.34. The first-order valence-corrected chi connectivity index (χ1v) is 9.24. The SMILES string of the molecule is Cn1cc(-c2ccc3[nH]nc(-c4cc5c(-c6ccoc6)nccc5[nH]4)c3c2)cn1. The van der Waals surface area contributed by atoms with Crippen LogP contribution in [0.15, 0.2) is 71.9 Å². The predicted octanol–water partition coefficient (Wildman–Crippen LogP) is 4.77. The molecule has 5 heterocycles. The molecule has 0 aliphatic rings. The number of nitrogens with zero attached hydrogens (tertiary/aromatic N) is 4. The summed E-state index contributed by atoms with van der Waals surface area (Å²) in [6.45, 7) is 0. The molecular formula is C22H16N6O. The highest BCUT2D eigenvalue weighted by Gasteiger charge is 2.15. The number of pyridine rings is 1. The summed E-state index contributed by atoms with van der Waals surface area (Å²) in [5.74, 6) is 0. The van der Waals surface area contributed by atoms with Gasteiger partial charge in [0.15, 0.2) is 0 Å². The fourth-order valence-electron chi connectivity index (χ4n) is 3.78. The second-order valence-corrected chi connectivity index (χ2v) is 7.05. The van der Waals surface area contributed by atoms with Crippen LogP contribution in [-0.2, 0) is 7.05 Å². The summed E-state index contributed by atoms with van der Waals surface area (Å²) in [5, 5.41) is 14.1. The summed E-state index contributed by atoms with van der Waals surface area (Å²) in [6.07, 6.45) is 9.04. The monoisotopic (exact) mass is 380 g/mol. The Balaban J connectivity index is 1.53. The molecule has 7 nitrogen and oxygen atoms in total. The fraction of sp³-hybridized carbons (Fsp3) is 0.0455. The maximum absolute atomic E-state index is 5.24. The number of aryl methyl sites for hydroxylation is 1. The smallest absolute Gasteiger partial charge is 0.116 e. The lowest BCUT2D eigenvalue weighted by atomic mass is 10.1. The van der Waals surface area contributed by atoms with Crippen molar-refractivity contribution in [2.24, 2.45) is 7.05 Å². The van der Waals surface area contributed by atoms with Crippen molar-refractivity contribution >= 4 is 21.8 Å². The van der Waals surface area contributed by atoms with Gasteiger partial charge < -0.3 is 9.40 Å².